The number of benzene rings is 1. The molecule has 2 rings (SSSR count). The molecule has 0 unspecified atom stereocenters. The van der Waals surface area contributed by atoms with Crippen LogP contribution in [-0.2, 0) is 14.3 Å². The maximum absolute atomic E-state index is 12.1. The zero-order chi connectivity index (χ0) is 18.6. The number of rotatable bonds is 5. The summed E-state index contributed by atoms with van der Waals surface area (Å²) in [5.74, 6) is -2.13. The van der Waals surface area contributed by atoms with E-state index in [1.54, 1.807) is 18.2 Å². The zero-order valence-corrected chi connectivity index (χ0v) is 14.1. The lowest BCUT2D eigenvalue weighted by molar-refractivity contribution is -0.137. The highest BCUT2D eigenvalue weighted by molar-refractivity contribution is 5.91. The van der Waals surface area contributed by atoms with E-state index < -0.39 is 18.5 Å². The van der Waals surface area contributed by atoms with Crippen LogP contribution in [0.15, 0.2) is 33.5 Å². The number of nitrogens with one attached hydrogen (secondary N) is 1. The molecular formula is C17H18N2O6. The summed E-state index contributed by atoms with van der Waals surface area (Å²) in [5, 5.41) is 2.74. The van der Waals surface area contributed by atoms with Crippen LogP contribution in [0.5, 0.6) is 0 Å². The first-order valence-corrected chi connectivity index (χ1v) is 7.48. The molecule has 0 saturated heterocycles. The second-order valence-electron chi connectivity index (χ2n) is 5.47. The maximum Gasteiger partial charge on any atom is 0.374 e. The Morgan fingerprint density at radius 1 is 1.24 bits per heavy atom. The summed E-state index contributed by atoms with van der Waals surface area (Å²) in [6.45, 7) is 1.11. The molecule has 1 aromatic heterocycles. The third kappa shape index (κ3) is 4.43. The van der Waals surface area contributed by atoms with Gasteiger partial charge in [0.15, 0.2) is 12.0 Å². The fourth-order valence-corrected chi connectivity index (χ4v) is 2.06. The number of amides is 2. The first kappa shape index (κ1) is 18.2. The number of carbonyl (C=O) groups excluding carboxylic acids is 3. The van der Waals surface area contributed by atoms with Gasteiger partial charge in [0.1, 0.15) is 5.58 Å². The largest absolute Gasteiger partial charge is 0.450 e. The normalized spacial score (nSPS) is 10.4. The molecular weight excluding hydrogens is 328 g/mol. The maximum atomic E-state index is 12.1. The topological polar surface area (TPSA) is 106 Å². The highest BCUT2D eigenvalue weighted by Gasteiger charge is 2.18. The van der Waals surface area contributed by atoms with Gasteiger partial charge in [-0.3, -0.25) is 14.4 Å². The van der Waals surface area contributed by atoms with Gasteiger partial charge in [0.2, 0.25) is 11.7 Å². The fraction of sp³-hybridized carbons (Fsp3) is 0.294. The van der Waals surface area contributed by atoms with Crippen LogP contribution in [0.4, 0.5) is 0 Å². The lowest BCUT2D eigenvalue weighted by Crippen LogP contribution is -2.39. The van der Waals surface area contributed by atoms with Gasteiger partial charge in [-0.15, -0.1) is 0 Å². The molecule has 0 radical (unpaired) electrons. The average molecular weight is 346 g/mol. The number of fused-ring (bicyclic) bond motifs is 1. The molecule has 0 spiro atoms. The van der Waals surface area contributed by atoms with Crippen LogP contribution < -0.4 is 10.7 Å². The highest BCUT2D eigenvalue weighted by Crippen LogP contribution is 2.14. The second-order valence-corrected chi connectivity index (χ2v) is 5.47. The Balaban J connectivity index is 2.07. The Morgan fingerprint density at radius 2 is 1.96 bits per heavy atom. The van der Waals surface area contributed by atoms with Gasteiger partial charge in [-0.2, -0.15) is 0 Å². The molecule has 0 aliphatic heterocycles. The van der Waals surface area contributed by atoms with E-state index in [2.05, 4.69) is 5.32 Å². The van der Waals surface area contributed by atoms with E-state index >= 15 is 0 Å². The van der Waals surface area contributed by atoms with Crippen molar-refractivity contribution in [3.63, 3.8) is 0 Å². The number of carbonyl (C=O) groups is 3. The van der Waals surface area contributed by atoms with Crippen LogP contribution in [0, 0.1) is 6.92 Å². The fourth-order valence-electron chi connectivity index (χ4n) is 2.06. The minimum atomic E-state index is -0.929. The monoisotopic (exact) mass is 346 g/mol. The summed E-state index contributed by atoms with van der Waals surface area (Å²) in [5.41, 5.74) is 0.771. The average Bonchev–Trinajstić information content (AvgIpc) is 2.59. The van der Waals surface area contributed by atoms with Crippen molar-refractivity contribution in [3.05, 3.63) is 45.8 Å². The standard InChI is InChI=1S/C17H18N2O6/c1-10-4-5-13-11(6-10)12(20)7-14(25-13)17(23)24-9-16(22)19(3)8-15(21)18-2/h4-7H,8-9H2,1-3H3,(H,18,21). The van der Waals surface area contributed by atoms with Gasteiger partial charge in [-0.25, -0.2) is 4.79 Å². The van der Waals surface area contributed by atoms with Crippen LogP contribution in [0.25, 0.3) is 11.0 Å². The van der Waals surface area contributed by atoms with Crippen molar-refractivity contribution in [1.29, 1.82) is 0 Å². The molecule has 25 heavy (non-hydrogen) atoms. The lowest BCUT2D eigenvalue weighted by atomic mass is 10.1. The number of esters is 1. The van der Waals surface area contributed by atoms with Gasteiger partial charge < -0.3 is 19.4 Å². The van der Waals surface area contributed by atoms with Gasteiger partial charge in [-0.1, -0.05) is 11.6 Å². The summed E-state index contributed by atoms with van der Waals surface area (Å²) in [6.07, 6.45) is 0. The summed E-state index contributed by atoms with van der Waals surface area (Å²) >= 11 is 0. The Bertz CT molecular complexity index is 886. The minimum absolute atomic E-state index is 0.155. The summed E-state index contributed by atoms with van der Waals surface area (Å²) in [7, 11) is 2.85. The molecule has 1 heterocycles. The number of likely N-dealkylation sites (N-methyl/N-ethyl adjacent to an activating group) is 2. The van der Waals surface area contributed by atoms with Crippen molar-refractivity contribution >= 4 is 28.8 Å². The molecule has 0 aliphatic carbocycles. The molecule has 1 aromatic carbocycles. The second kappa shape index (κ2) is 7.61. The van der Waals surface area contributed by atoms with Gasteiger partial charge in [0.05, 0.1) is 11.9 Å². The van der Waals surface area contributed by atoms with Crippen LogP contribution in [0.2, 0.25) is 0 Å². The highest BCUT2D eigenvalue weighted by atomic mass is 16.5. The Labute approximate surface area is 143 Å². The molecule has 0 fully saturated rings. The number of nitrogens with zero attached hydrogens (tertiary/aromatic N) is 1. The Morgan fingerprint density at radius 3 is 2.64 bits per heavy atom. The number of aryl methyl sites for hydroxylation is 1. The predicted octanol–water partition coefficient (Wildman–Crippen LogP) is 0.463. The van der Waals surface area contributed by atoms with E-state index in [9.17, 15) is 19.2 Å². The Kier molecular flexibility index (Phi) is 5.53. The molecule has 0 atom stereocenters. The van der Waals surface area contributed by atoms with Gasteiger partial charge in [0, 0.05) is 20.2 Å². The minimum Gasteiger partial charge on any atom is -0.450 e. The van der Waals surface area contributed by atoms with Gasteiger partial charge >= 0.3 is 5.97 Å². The first-order chi connectivity index (χ1) is 11.8. The van der Waals surface area contributed by atoms with Crippen molar-refractivity contribution in [2.24, 2.45) is 0 Å². The van der Waals surface area contributed by atoms with Crippen LogP contribution in [0.3, 0.4) is 0 Å². The number of ether oxygens (including phenoxy) is 1. The van der Waals surface area contributed by atoms with Crippen LogP contribution in [0.1, 0.15) is 16.1 Å². The summed E-state index contributed by atoms with van der Waals surface area (Å²) in [6, 6.07) is 6.03. The smallest absolute Gasteiger partial charge is 0.374 e. The first-order valence-electron chi connectivity index (χ1n) is 7.48. The van der Waals surface area contributed by atoms with E-state index in [0.29, 0.717) is 5.39 Å². The molecule has 1 N–H and O–H groups in total. The predicted molar refractivity (Wildman–Crippen MR) is 89.2 cm³/mol. The van der Waals surface area contributed by atoms with E-state index in [0.717, 1.165) is 16.5 Å². The molecule has 8 nitrogen and oxygen atoms in total. The third-order valence-corrected chi connectivity index (χ3v) is 3.50. The molecule has 0 aliphatic rings. The van der Waals surface area contributed by atoms with Crippen molar-refractivity contribution in [3.8, 4) is 0 Å². The zero-order valence-electron chi connectivity index (χ0n) is 14.1. The van der Waals surface area contributed by atoms with Crippen LogP contribution >= 0.6 is 0 Å². The molecule has 0 bridgehead atoms. The van der Waals surface area contributed by atoms with Crippen molar-refractivity contribution in [1.82, 2.24) is 10.2 Å². The SMILES string of the molecule is CNC(=O)CN(C)C(=O)COC(=O)c1cc(=O)c2cc(C)ccc2o1. The quantitative estimate of drug-likeness (QED) is 0.789. The van der Waals surface area contributed by atoms with Gasteiger partial charge in [-0.05, 0) is 19.1 Å². The van der Waals surface area contributed by atoms with Crippen LogP contribution in [-0.4, -0.2) is 49.9 Å². The summed E-state index contributed by atoms with van der Waals surface area (Å²) in [4.78, 5) is 48.2. The molecule has 8 heteroatoms. The van der Waals surface area contributed by atoms with Crippen molar-refractivity contribution < 1.29 is 23.5 Å². The molecule has 2 aromatic rings. The number of hydrogen-bond donors (Lipinski definition) is 1. The van der Waals surface area contributed by atoms with E-state index in [4.69, 9.17) is 9.15 Å². The van der Waals surface area contributed by atoms with E-state index in [-0.39, 0.29) is 29.2 Å². The third-order valence-electron chi connectivity index (χ3n) is 3.50. The number of hydrogen-bond acceptors (Lipinski definition) is 6. The summed E-state index contributed by atoms with van der Waals surface area (Å²) < 4.78 is 10.2. The van der Waals surface area contributed by atoms with Crippen molar-refractivity contribution in [2.75, 3.05) is 27.2 Å². The van der Waals surface area contributed by atoms with Gasteiger partial charge in [0.25, 0.3) is 5.91 Å². The molecule has 132 valence electrons. The van der Waals surface area contributed by atoms with Crippen molar-refractivity contribution in [2.45, 2.75) is 6.92 Å². The molecule has 0 saturated carbocycles. The van der Waals surface area contributed by atoms with E-state index in [1.807, 2.05) is 6.92 Å². The molecule has 2 amide bonds. The lowest BCUT2D eigenvalue weighted by Gasteiger charge is -2.15. The Hall–Kier alpha value is -3.16. The van der Waals surface area contributed by atoms with E-state index in [1.165, 1.54) is 14.1 Å².